The van der Waals surface area contributed by atoms with Gasteiger partial charge in [0.2, 0.25) is 0 Å². The van der Waals surface area contributed by atoms with Crippen molar-refractivity contribution in [1.82, 2.24) is 5.32 Å². The number of nitrogen functional groups attached to an aromatic ring is 1. The van der Waals surface area contributed by atoms with Crippen molar-refractivity contribution in [1.29, 1.82) is 0 Å². The molecule has 0 aromatic heterocycles. The van der Waals surface area contributed by atoms with Crippen molar-refractivity contribution in [2.45, 2.75) is 6.54 Å². The SMILES string of the molecule is COc1ccc(C(=O)NCc2cccc(Br)c2)cc1N. The lowest BCUT2D eigenvalue weighted by atomic mass is 10.1. The number of carbonyl (C=O) groups excluding carboxylic acids is 1. The molecule has 0 heterocycles. The van der Waals surface area contributed by atoms with Gasteiger partial charge in [-0.2, -0.15) is 0 Å². The Morgan fingerprint density at radius 3 is 2.75 bits per heavy atom. The number of methoxy groups -OCH3 is 1. The molecule has 0 unspecified atom stereocenters. The van der Waals surface area contributed by atoms with Gasteiger partial charge in [-0.25, -0.2) is 0 Å². The van der Waals surface area contributed by atoms with Crippen molar-refractivity contribution in [2.75, 3.05) is 12.8 Å². The van der Waals surface area contributed by atoms with Gasteiger partial charge >= 0.3 is 0 Å². The zero-order valence-electron chi connectivity index (χ0n) is 11.0. The number of rotatable bonds is 4. The van der Waals surface area contributed by atoms with E-state index in [0.717, 1.165) is 10.0 Å². The van der Waals surface area contributed by atoms with Crippen LogP contribution >= 0.6 is 15.9 Å². The number of hydrogen-bond acceptors (Lipinski definition) is 3. The Bertz CT molecular complexity index is 629. The fourth-order valence-electron chi connectivity index (χ4n) is 1.81. The molecule has 4 nitrogen and oxygen atoms in total. The van der Waals surface area contributed by atoms with Gasteiger partial charge in [0.1, 0.15) is 5.75 Å². The van der Waals surface area contributed by atoms with E-state index in [2.05, 4.69) is 21.2 Å². The lowest BCUT2D eigenvalue weighted by Crippen LogP contribution is -2.22. The Balaban J connectivity index is 2.03. The zero-order valence-corrected chi connectivity index (χ0v) is 12.6. The fraction of sp³-hybridized carbons (Fsp3) is 0.133. The lowest BCUT2D eigenvalue weighted by Gasteiger charge is -2.08. The first-order valence-corrected chi connectivity index (χ1v) is 6.85. The Kier molecular flexibility index (Phi) is 4.63. The number of halogens is 1. The monoisotopic (exact) mass is 334 g/mol. The van der Waals surface area contributed by atoms with E-state index < -0.39 is 0 Å². The second-order valence-electron chi connectivity index (χ2n) is 4.27. The average Bonchev–Trinajstić information content (AvgIpc) is 2.44. The third kappa shape index (κ3) is 3.51. The summed E-state index contributed by atoms with van der Waals surface area (Å²) in [6.45, 7) is 0.463. The normalized spacial score (nSPS) is 10.1. The van der Waals surface area contributed by atoms with Gasteiger partial charge in [-0.15, -0.1) is 0 Å². The molecule has 20 heavy (non-hydrogen) atoms. The second-order valence-corrected chi connectivity index (χ2v) is 5.19. The molecular formula is C15H15BrN2O2. The van der Waals surface area contributed by atoms with Crippen LogP contribution in [0.15, 0.2) is 46.9 Å². The molecule has 0 radical (unpaired) electrons. The number of anilines is 1. The van der Waals surface area contributed by atoms with Crippen LogP contribution in [0.1, 0.15) is 15.9 Å². The van der Waals surface area contributed by atoms with Crippen molar-refractivity contribution >= 4 is 27.5 Å². The van der Waals surface area contributed by atoms with Crippen molar-refractivity contribution in [3.8, 4) is 5.75 Å². The van der Waals surface area contributed by atoms with E-state index in [1.165, 1.54) is 0 Å². The molecule has 0 atom stereocenters. The molecule has 0 saturated heterocycles. The van der Waals surface area contributed by atoms with E-state index in [1.807, 2.05) is 24.3 Å². The highest BCUT2D eigenvalue weighted by Gasteiger charge is 2.08. The Morgan fingerprint density at radius 1 is 1.30 bits per heavy atom. The average molecular weight is 335 g/mol. The van der Waals surface area contributed by atoms with Crippen LogP contribution in [0.3, 0.4) is 0 Å². The van der Waals surface area contributed by atoms with E-state index in [0.29, 0.717) is 23.5 Å². The number of benzene rings is 2. The molecule has 0 aliphatic rings. The van der Waals surface area contributed by atoms with Gasteiger partial charge in [0.25, 0.3) is 5.91 Å². The summed E-state index contributed by atoms with van der Waals surface area (Å²) in [7, 11) is 1.54. The third-order valence-electron chi connectivity index (χ3n) is 2.83. The quantitative estimate of drug-likeness (QED) is 0.845. The van der Waals surface area contributed by atoms with Gasteiger partial charge in [0, 0.05) is 16.6 Å². The van der Waals surface area contributed by atoms with Crippen molar-refractivity contribution in [2.24, 2.45) is 0 Å². The zero-order chi connectivity index (χ0) is 14.5. The highest BCUT2D eigenvalue weighted by molar-refractivity contribution is 9.10. The first-order valence-electron chi connectivity index (χ1n) is 6.06. The van der Waals surface area contributed by atoms with E-state index >= 15 is 0 Å². The first kappa shape index (κ1) is 14.4. The van der Waals surface area contributed by atoms with Crippen LogP contribution in [0.2, 0.25) is 0 Å². The second kappa shape index (κ2) is 6.43. The van der Waals surface area contributed by atoms with Crippen LogP contribution in [0.4, 0.5) is 5.69 Å². The summed E-state index contributed by atoms with van der Waals surface area (Å²) in [6.07, 6.45) is 0. The molecular weight excluding hydrogens is 320 g/mol. The summed E-state index contributed by atoms with van der Waals surface area (Å²) in [5.74, 6) is 0.396. The minimum absolute atomic E-state index is 0.167. The highest BCUT2D eigenvalue weighted by Crippen LogP contribution is 2.21. The van der Waals surface area contributed by atoms with Gasteiger partial charge in [-0.3, -0.25) is 4.79 Å². The first-order chi connectivity index (χ1) is 9.60. The molecule has 2 aromatic rings. The van der Waals surface area contributed by atoms with E-state index in [4.69, 9.17) is 10.5 Å². The number of hydrogen-bond donors (Lipinski definition) is 2. The molecule has 2 rings (SSSR count). The number of amides is 1. The maximum Gasteiger partial charge on any atom is 0.251 e. The summed E-state index contributed by atoms with van der Waals surface area (Å²) in [5.41, 5.74) is 7.77. The van der Waals surface area contributed by atoms with Crippen molar-refractivity contribution in [3.63, 3.8) is 0 Å². The largest absolute Gasteiger partial charge is 0.495 e. The summed E-state index contributed by atoms with van der Waals surface area (Å²) in [6, 6.07) is 12.8. The maximum atomic E-state index is 12.0. The molecule has 2 aromatic carbocycles. The summed E-state index contributed by atoms with van der Waals surface area (Å²) >= 11 is 3.40. The standard InChI is InChI=1S/C15H15BrN2O2/c1-20-14-6-5-11(8-13(14)17)15(19)18-9-10-3-2-4-12(16)7-10/h2-8H,9,17H2,1H3,(H,18,19). The van der Waals surface area contributed by atoms with Crippen LogP contribution in [-0.4, -0.2) is 13.0 Å². The van der Waals surface area contributed by atoms with Gasteiger partial charge in [-0.1, -0.05) is 28.1 Å². The van der Waals surface area contributed by atoms with E-state index in [9.17, 15) is 4.79 Å². The van der Waals surface area contributed by atoms with Crippen LogP contribution in [0.5, 0.6) is 5.75 Å². The summed E-state index contributed by atoms with van der Waals surface area (Å²) < 4.78 is 6.04. The minimum Gasteiger partial charge on any atom is -0.495 e. The number of nitrogens with two attached hydrogens (primary N) is 1. The van der Waals surface area contributed by atoms with Crippen molar-refractivity contribution in [3.05, 3.63) is 58.1 Å². The van der Waals surface area contributed by atoms with E-state index in [-0.39, 0.29) is 5.91 Å². The van der Waals surface area contributed by atoms with E-state index in [1.54, 1.807) is 25.3 Å². The smallest absolute Gasteiger partial charge is 0.251 e. The number of ether oxygens (including phenoxy) is 1. The van der Waals surface area contributed by atoms with Gasteiger partial charge < -0.3 is 15.8 Å². The molecule has 1 amide bonds. The number of nitrogens with one attached hydrogen (secondary N) is 1. The molecule has 0 aliphatic heterocycles. The van der Waals surface area contributed by atoms with Crippen LogP contribution < -0.4 is 15.8 Å². The van der Waals surface area contributed by atoms with Crippen LogP contribution in [0, 0.1) is 0 Å². The predicted octanol–water partition coefficient (Wildman–Crippen LogP) is 2.97. The predicted molar refractivity (Wildman–Crippen MR) is 82.7 cm³/mol. The summed E-state index contributed by atoms with van der Waals surface area (Å²) in [5, 5.41) is 2.85. The molecule has 104 valence electrons. The maximum absolute atomic E-state index is 12.0. The fourth-order valence-corrected chi connectivity index (χ4v) is 2.25. The molecule has 0 bridgehead atoms. The third-order valence-corrected chi connectivity index (χ3v) is 3.33. The summed E-state index contributed by atoms with van der Waals surface area (Å²) in [4.78, 5) is 12.0. The highest BCUT2D eigenvalue weighted by atomic mass is 79.9. The van der Waals surface area contributed by atoms with Crippen LogP contribution in [0.25, 0.3) is 0 Å². The van der Waals surface area contributed by atoms with Crippen molar-refractivity contribution < 1.29 is 9.53 Å². The van der Waals surface area contributed by atoms with Gasteiger partial charge in [-0.05, 0) is 35.9 Å². The topological polar surface area (TPSA) is 64.3 Å². The molecule has 5 heteroatoms. The van der Waals surface area contributed by atoms with Gasteiger partial charge in [0.05, 0.1) is 12.8 Å². The Labute approximate surface area is 126 Å². The van der Waals surface area contributed by atoms with Gasteiger partial charge in [0.15, 0.2) is 0 Å². The Hall–Kier alpha value is -2.01. The molecule has 3 N–H and O–H groups in total. The molecule has 0 spiro atoms. The molecule has 0 fully saturated rings. The molecule has 0 aliphatic carbocycles. The van der Waals surface area contributed by atoms with Crippen LogP contribution in [-0.2, 0) is 6.54 Å². The number of carbonyl (C=O) groups is 1. The Morgan fingerprint density at radius 2 is 2.10 bits per heavy atom. The lowest BCUT2D eigenvalue weighted by molar-refractivity contribution is 0.0951. The molecule has 0 saturated carbocycles. The minimum atomic E-state index is -0.167.